The van der Waals surface area contributed by atoms with Crippen LogP contribution in [0.1, 0.15) is 47.3 Å². The van der Waals surface area contributed by atoms with Gasteiger partial charge in [-0.15, -0.1) is 12.4 Å². The van der Waals surface area contributed by atoms with Crippen molar-refractivity contribution >= 4 is 55.9 Å². The number of nitrogens with one attached hydrogen (secondary N) is 1. The van der Waals surface area contributed by atoms with E-state index in [1.807, 2.05) is 66.9 Å². The number of ether oxygens (including phenoxy) is 2. The Morgan fingerprint density at radius 1 is 1.00 bits per heavy atom. The first-order valence-electron chi connectivity index (χ1n) is 14.0. The van der Waals surface area contributed by atoms with Gasteiger partial charge < -0.3 is 20.4 Å². The molecule has 47 heavy (non-hydrogen) atoms. The Kier molecular flexibility index (Phi) is 12.3. The summed E-state index contributed by atoms with van der Waals surface area (Å²) in [5.74, 6) is 1.82. The van der Waals surface area contributed by atoms with E-state index in [0.29, 0.717) is 18.8 Å². The molecule has 3 unspecified atom stereocenters. The largest absolute Gasteiger partial charge is 0.485 e. The van der Waals surface area contributed by atoms with Crippen LogP contribution in [0.3, 0.4) is 0 Å². The van der Waals surface area contributed by atoms with Gasteiger partial charge in [0.1, 0.15) is 23.7 Å². The number of hydrogen-bond acceptors (Lipinski definition) is 12. The van der Waals surface area contributed by atoms with Crippen LogP contribution < -0.4 is 20.7 Å². The molecule has 15 heteroatoms. The Balaban J connectivity index is 0.000000194. The molecule has 0 aliphatic carbocycles. The molecule has 0 saturated carbocycles. The third-order valence-corrected chi connectivity index (χ3v) is 8.18. The van der Waals surface area contributed by atoms with Gasteiger partial charge >= 0.3 is 0 Å². The molecule has 2 aromatic heterocycles. The lowest BCUT2D eigenvalue weighted by atomic mass is 9.90. The summed E-state index contributed by atoms with van der Waals surface area (Å²) in [4.78, 5) is 22.8. The van der Waals surface area contributed by atoms with Crippen molar-refractivity contribution in [1.82, 2.24) is 20.5 Å². The number of nitrogens with zero attached hydrogens (tertiary/aromatic N) is 6. The number of nitriles is 1. The van der Waals surface area contributed by atoms with Crippen molar-refractivity contribution < 1.29 is 19.5 Å². The second-order valence-electron chi connectivity index (χ2n) is 10.2. The minimum Gasteiger partial charge on any atom is -0.485 e. The number of pyridine rings is 2. The number of nitrogens with two attached hydrogens (primary N) is 1. The van der Waals surface area contributed by atoms with Gasteiger partial charge in [0, 0.05) is 77.4 Å². The molecule has 4 aromatic rings. The fourth-order valence-electron chi connectivity index (χ4n) is 5.19. The highest BCUT2D eigenvalue weighted by atomic mass is 79.9. The van der Waals surface area contributed by atoms with Crippen molar-refractivity contribution in [3.05, 3.63) is 117 Å². The van der Waals surface area contributed by atoms with E-state index in [9.17, 15) is 0 Å². The highest BCUT2D eigenvalue weighted by Gasteiger charge is 2.49. The molecule has 7 rings (SSSR count). The smallest absolute Gasteiger partial charge is 0.222 e. The minimum absolute atomic E-state index is 0. The zero-order chi connectivity index (χ0) is 32.7. The molecule has 0 radical (unpaired) electrons. The maximum absolute atomic E-state index is 8.87. The molecule has 3 atom stereocenters. The van der Waals surface area contributed by atoms with Gasteiger partial charge in [0.25, 0.3) is 0 Å². The van der Waals surface area contributed by atoms with Crippen molar-refractivity contribution in [2.24, 2.45) is 15.7 Å². The van der Waals surface area contributed by atoms with Gasteiger partial charge in [-0.25, -0.2) is 20.4 Å². The topological polar surface area (TPSA) is 163 Å². The molecule has 2 aromatic carbocycles. The lowest BCUT2D eigenvalue weighted by Gasteiger charge is -2.37. The van der Waals surface area contributed by atoms with E-state index >= 15 is 0 Å². The first kappa shape index (κ1) is 35.7. The standard InChI is InChI=1S/C16H15BrN4O2.C15H10BrN3O.CH5NO.ClH/c1-21-15(18)20-16(23-21)8-14(10-3-2-6-19-9-10)22-13-5-4-11(17)7-12(13)16;16-11-3-4-14-12(6-11)13(19-9-17)7-15(20-14)10-2-1-5-18-8-10;1-2-3;/h2-7,9,14H,8H2,1H3,(H2,18,20);1-6,8,15H,7H2;2-3H,1H3;1H. The maximum atomic E-state index is 8.87. The van der Waals surface area contributed by atoms with Gasteiger partial charge in [-0.3, -0.25) is 9.97 Å². The SMILES string of the molecule is CN1OC2(CC(c3cccnc3)Oc3ccc(Br)cc32)N=C1N.CNO.Cl.N#CN=C1CC(c2cccnc2)Oc2ccc(Br)cc21. The molecule has 3 aliphatic rings. The number of benzene rings is 2. The quantitative estimate of drug-likeness (QED) is 0.154. The van der Waals surface area contributed by atoms with Crippen molar-refractivity contribution in [3.63, 3.8) is 0 Å². The Labute approximate surface area is 294 Å². The van der Waals surface area contributed by atoms with Crippen molar-refractivity contribution in [2.45, 2.75) is 30.8 Å². The summed E-state index contributed by atoms with van der Waals surface area (Å²) in [6.07, 6.45) is 9.62. The van der Waals surface area contributed by atoms with Gasteiger partial charge in [-0.2, -0.15) is 10.3 Å². The zero-order valence-corrected chi connectivity index (χ0v) is 29.2. The molecule has 0 fully saturated rings. The second kappa shape index (κ2) is 16.1. The molecular weight excluding hydrogens is 756 g/mol. The molecule has 1 spiro atoms. The van der Waals surface area contributed by atoms with E-state index in [0.717, 1.165) is 48.4 Å². The van der Waals surface area contributed by atoms with Crippen LogP contribution in [0.25, 0.3) is 0 Å². The summed E-state index contributed by atoms with van der Waals surface area (Å²) in [6, 6.07) is 19.2. The van der Waals surface area contributed by atoms with E-state index in [4.69, 9.17) is 30.5 Å². The van der Waals surface area contributed by atoms with Crippen molar-refractivity contribution in [2.75, 3.05) is 14.1 Å². The predicted octanol–water partition coefficient (Wildman–Crippen LogP) is 6.37. The second-order valence-corrected chi connectivity index (χ2v) is 12.0. The molecule has 0 bridgehead atoms. The number of aliphatic imine (C=N–C) groups is 2. The number of rotatable bonds is 2. The van der Waals surface area contributed by atoms with E-state index in [-0.39, 0.29) is 24.6 Å². The minimum atomic E-state index is -0.878. The number of hydrogen-bond donors (Lipinski definition) is 3. The van der Waals surface area contributed by atoms with Gasteiger partial charge in [0.15, 0.2) is 0 Å². The summed E-state index contributed by atoms with van der Waals surface area (Å²) >= 11 is 6.92. The first-order valence-corrected chi connectivity index (χ1v) is 15.6. The zero-order valence-electron chi connectivity index (χ0n) is 25.2. The summed E-state index contributed by atoms with van der Waals surface area (Å²) in [6.45, 7) is 0. The highest BCUT2D eigenvalue weighted by molar-refractivity contribution is 9.10. The van der Waals surface area contributed by atoms with Crippen LogP contribution in [-0.2, 0) is 10.6 Å². The number of hydroxylamine groups is 3. The summed E-state index contributed by atoms with van der Waals surface area (Å²) in [5.41, 5.74) is 11.2. The van der Waals surface area contributed by atoms with Gasteiger partial charge in [0.05, 0.1) is 11.3 Å². The highest BCUT2D eigenvalue weighted by Crippen LogP contribution is 2.50. The van der Waals surface area contributed by atoms with Crippen LogP contribution in [-0.4, -0.2) is 46.0 Å². The van der Waals surface area contributed by atoms with Crippen LogP contribution in [0.5, 0.6) is 11.5 Å². The lowest BCUT2D eigenvalue weighted by molar-refractivity contribution is -0.191. The maximum Gasteiger partial charge on any atom is 0.222 e. The first-order chi connectivity index (χ1) is 22.3. The van der Waals surface area contributed by atoms with Crippen LogP contribution >= 0.6 is 44.3 Å². The molecule has 4 N–H and O–H groups in total. The van der Waals surface area contributed by atoms with Crippen LogP contribution in [0.2, 0.25) is 0 Å². The van der Waals surface area contributed by atoms with Crippen molar-refractivity contribution in [1.29, 1.82) is 5.26 Å². The van der Waals surface area contributed by atoms with Gasteiger partial charge in [-0.1, -0.05) is 44.0 Å². The lowest BCUT2D eigenvalue weighted by Crippen LogP contribution is -2.36. The number of aromatic nitrogens is 2. The molecule has 0 saturated heterocycles. The molecule has 12 nitrogen and oxygen atoms in total. The van der Waals surface area contributed by atoms with Crippen LogP contribution in [0.4, 0.5) is 0 Å². The Hall–Kier alpha value is -4.10. The summed E-state index contributed by atoms with van der Waals surface area (Å²) in [5, 5.41) is 17.7. The monoisotopic (exact) mass is 784 g/mol. The predicted molar refractivity (Wildman–Crippen MR) is 185 cm³/mol. The molecule has 0 amide bonds. The third-order valence-electron chi connectivity index (χ3n) is 7.20. The van der Waals surface area contributed by atoms with E-state index in [1.165, 1.54) is 12.1 Å². The van der Waals surface area contributed by atoms with E-state index in [2.05, 4.69) is 51.8 Å². The molecular formula is C32H31Br2ClN8O4. The number of fused-ring (bicyclic) bond motifs is 3. The average molecular weight is 787 g/mol. The number of halogens is 3. The summed E-state index contributed by atoms with van der Waals surface area (Å²) in [7, 11) is 3.18. The van der Waals surface area contributed by atoms with E-state index < -0.39 is 5.72 Å². The summed E-state index contributed by atoms with van der Waals surface area (Å²) < 4.78 is 14.0. The third kappa shape index (κ3) is 8.25. The Bertz CT molecular complexity index is 1780. The van der Waals surface area contributed by atoms with Gasteiger partial charge in [-0.05, 0) is 48.5 Å². The fourth-order valence-corrected chi connectivity index (χ4v) is 5.91. The van der Waals surface area contributed by atoms with Gasteiger partial charge in [0.2, 0.25) is 17.9 Å². The molecule has 244 valence electrons. The molecule has 5 heterocycles. The van der Waals surface area contributed by atoms with E-state index in [1.54, 1.807) is 37.3 Å². The Morgan fingerprint density at radius 3 is 2.17 bits per heavy atom. The molecule has 3 aliphatic heterocycles. The number of guanidine groups is 1. The Morgan fingerprint density at radius 2 is 1.60 bits per heavy atom. The fraction of sp³-hybridized carbons (Fsp3) is 0.219. The normalized spacial score (nSPS) is 21.1. The van der Waals surface area contributed by atoms with Crippen LogP contribution in [0.15, 0.2) is 104 Å². The average Bonchev–Trinajstić information content (AvgIpc) is 3.35. The van der Waals surface area contributed by atoms with Crippen molar-refractivity contribution in [3.8, 4) is 17.7 Å². The van der Waals surface area contributed by atoms with Crippen LogP contribution in [0, 0.1) is 11.5 Å².